The van der Waals surface area contributed by atoms with Gasteiger partial charge in [-0.1, -0.05) is 0 Å². The number of nitrogens with two attached hydrogens (primary N) is 1. The summed E-state index contributed by atoms with van der Waals surface area (Å²) in [7, 11) is 0. The molecular weight excluding hydrogens is 276 g/mol. The van der Waals surface area contributed by atoms with E-state index in [1.807, 2.05) is 0 Å². The molecule has 0 saturated carbocycles. The molecule has 2 amide bonds. The van der Waals surface area contributed by atoms with E-state index in [0.717, 1.165) is 0 Å². The third kappa shape index (κ3) is 5.13. The molecule has 0 unspecified atom stereocenters. The van der Waals surface area contributed by atoms with Gasteiger partial charge in [0, 0.05) is 12.1 Å². The van der Waals surface area contributed by atoms with Crippen LogP contribution in [0.5, 0.6) is 5.75 Å². The molecule has 21 heavy (non-hydrogen) atoms. The van der Waals surface area contributed by atoms with E-state index in [2.05, 4.69) is 5.32 Å². The number of carbonyl (C=O) groups excluding carboxylic acids is 2. The van der Waals surface area contributed by atoms with Gasteiger partial charge in [0.05, 0.1) is 5.41 Å². The van der Waals surface area contributed by atoms with Gasteiger partial charge < -0.3 is 20.9 Å². The van der Waals surface area contributed by atoms with Crippen LogP contribution in [0.2, 0.25) is 0 Å². The zero-order valence-corrected chi connectivity index (χ0v) is 11.9. The van der Waals surface area contributed by atoms with E-state index < -0.39 is 17.3 Å². The average Bonchev–Trinajstić information content (AvgIpc) is 2.43. The number of hydrogen-bond acceptors (Lipinski definition) is 4. The summed E-state index contributed by atoms with van der Waals surface area (Å²) >= 11 is 0. The standard InChI is InChI=1S/C14H18N2O5/c1-14(2,13(19)20)8-16-12(18)9-3-5-10(6-4-9)21-7-11(15)17/h3-6H,7-8H2,1-2H3,(H2,15,17)(H,16,18)(H,19,20). The first kappa shape index (κ1) is 16.5. The highest BCUT2D eigenvalue weighted by Gasteiger charge is 2.27. The first-order valence-corrected chi connectivity index (χ1v) is 6.25. The van der Waals surface area contributed by atoms with Crippen molar-refractivity contribution < 1.29 is 24.2 Å². The van der Waals surface area contributed by atoms with Crippen LogP contribution in [0, 0.1) is 5.41 Å². The lowest BCUT2D eigenvalue weighted by Gasteiger charge is -2.19. The van der Waals surface area contributed by atoms with Gasteiger partial charge in [0.1, 0.15) is 5.75 Å². The molecule has 114 valence electrons. The van der Waals surface area contributed by atoms with Crippen LogP contribution in [0.1, 0.15) is 24.2 Å². The van der Waals surface area contributed by atoms with Gasteiger partial charge in [0.15, 0.2) is 6.61 Å². The fraction of sp³-hybridized carbons (Fsp3) is 0.357. The second kappa shape index (κ2) is 6.74. The molecule has 7 nitrogen and oxygen atoms in total. The second-order valence-corrected chi connectivity index (χ2v) is 5.15. The van der Waals surface area contributed by atoms with Crippen LogP contribution < -0.4 is 15.8 Å². The Labute approximate surface area is 122 Å². The summed E-state index contributed by atoms with van der Waals surface area (Å²) in [6.45, 7) is 2.83. The minimum atomic E-state index is -1.04. The van der Waals surface area contributed by atoms with E-state index in [9.17, 15) is 14.4 Å². The van der Waals surface area contributed by atoms with Crippen molar-refractivity contribution in [3.8, 4) is 5.75 Å². The van der Waals surface area contributed by atoms with Gasteiger partial charge in [0.2, 0.25) is 0 Å². The van der Waals surface area contributed by atoms with Crippen LogP contribution in [-0.4, -0.2) is 36.0 Å². The van der Waals surface area contributed by atoms with Crippen molar-refractivity contribution in [1.29, 1.82) is 0 Å². The first-order chi connectivity index (χ1) is 9.72. The minimum absolute atomic E-state index is 0.0150. The van der Waals surface area contributed by atoms with Gasteiger partial charge in [-0.25, -0.2) is 0 Å². The molecule has 1 aromatic rings. The van der Waals surface area contributed by atoms with E-state index in [4.69, 9.17) is 15.6 Å². The number of hydrogen-bond donors (Lipinski definition) is 3. The van der Waals surface area contributed by atoms with E-state index in [0.29, 0.717) is 11.3 Å². The lowest BCUT2D eigenvalue weighted by Crippen LogP contribution is -2.38. The maximum absolute atomic E-state index is 11.9. The van der Waals surface area contributed by atoms with Crippen molar-refractivity contribution in [1.82, 2.24) is 5.32 Å². The van der Waals surface area contributed by atoms with Crippen LogP contribution >= 0.6 is 0 Å². The molecule has 0 bridgehead atoms. The average molecular weight is 294 g/mol. The normalized spacial score (nSPS) is 10.8. The van der Waals surface area contributed by atoms with Crippen molar-refractivity contribution in [2.24, 2.45) is 11.1 Å². The Bertz CT molecular complexity index is 537. The first-order valence-electron chi connectivity index (χ1n) is 6.25. The molecule has 0 aliphatic carbocycles. The third-order valence-corrected chi connectivity index (χ3v) is 2.77. The minimum Gasteiger partial charge on any atom is -0.484 e. The van der Waals surface area contributed by atoms with Crippen molar-refractivity contribution in [3.05, 3.63) is 29.8 Å². The largest absolute Gasteiger partial charge is 0.484 e. The highest BCUT2D eigenvalue weighted by molar-refractivity contribution is 5.94. The SMILES string of the molecule is CC(C)(CNC(=O)c1ccc(OCC(N)=O)cc1)C(=O)O. The van der Waals surface area contributed by atoms with Gasteiger partial charge in [-0.2, -0.15) is 0 Å². The van der Waals surface area contributed by atoms with Crippen molar-refractivity contribution in [3.63, 3.8) is 0 Å². The smallest absolute Gasteiger partial charge is 0.310 e. The number of carboxylic acids is 1. The van der Waals surface area contributed by atoms with Crippen LogP contribution in [0.3, 0.4) is 0 Å². The molecule has 0 radical (unpaired) electrons. The zero-order valence-electron chi connectivity index (χ0n) is 11.9. The van der Waals surface area contributed by atoms with Crippen LogP contribution in [0.4, 0.5) is 0 Å². The molecule has 0 spiro atoms. The van der Waals surface area contributed by atoms with Crippen molar-refractivity contribution >= 4 is 17.8 Å². The molecule has 0 aromatic heterocycles. The van der Waals surface area contributed by atoms with E-state index in [-0.39, 0.29) is 19.1 Å². The van der Waals surface area contributed by atoms with Gasteiger partial charge in [-0.3, -0.25) is 14.4 Å². The summed E-state index contributed by atoms with van der Waals surface area (Å²) in [5.41, 5.74) is 4.27. The van der Waals surface area contributed by atoms with Gasteiger partial charge >= 0.3 is 5.97 Å². The second-order valence-electron chi connectivity index (χ2n) is 5.15. The Hall–Kier alpha value is -2.57. The highest BCUT2D eigenvalue weighted by Crippen LogP contribution is 2.15. The molecule has 0 heterocycles. The van der Waals surface area contributed by atoms with Gasteiger partial charge in [-0.15, -0.1) is 0 Å². The molecule has 0 saturated heterocycles. The summed E-state index contributed by atoms with van der Waals surface area (Å²) in [5.74, 6) is -1.55. The van der Waals surface area contributed by atoms with Crippen molar-refractivity contribution in [2.45, 2.75) is 13.8 Å². The number of amides is 2. The molecule has 4 N–H and O–H groups in total. The Morgan fingerprint density at radius 2 is 1.81 bits per heavy atom. The highest BCUT2D eigenvalue weighted by atomic mass is 16.5. The summed E-state index contributed by atoms with van der Waals surface area (Å²) in [6.07, 6.45) is 0. The summed E-state index contributed by atoms with van der Waals surface area (Å²) in [5, 5.41) is 11.5. The third-order valence-electron chi connectivity index (χ3n) is 2.77. The van der Waals surface area contributed by atoms with E-state index in [1.54, 1.807) is 0 Å². The number of ether oxygens (including phenoxy) is 1. The Kier molecular flexibility index (Phi) is 5.29. The molecule has 1 aromatic carbocycles. The maximum Gasteiger partial charge on any atom is 0.310 e. The number of carboxylic acid groups (broad SMARTS) is 1. The molecular formula is C14H18N2O5. The molecule has 0 fully saturated rings. The number of benzene rings is 1. The predicted molar refractivity (Wildman–Crippen MR) is 74.9 cm³/mol. The summed E-state index contributed by atoms with van der Waals surface area (Å²) in [4.78, 5) is 33.4. The molecule has 0 atom stereocenters. The quantitative estimate of drug-likeness (QED) is 0.672. The number of primary amides is 1. The van der Waals surface area contributed by atoms with Crippen LogP contribution in [-0.2, 0) is 9.59 Å². The van der Waals surface area contributed by atoms with Gasteiger partial charge in [0.25, 0.3) is 11.8 Å². The fourth-order valence-corrected chi connectivity index (χ4v) is 1.34. The number of carbonyl (C=O) groups is 3. The maximum atomic E-state index is 11.9. The fourth-order valence-electron chi connectivity index (χ4n) is 1.34. The van der Waals surface area contributed by atoms with Crippen LogP contribution in [0.15, 0.2) is 24.3 Å². The molecule has 1 rings (SSSR count). The summed E-state index contributed by atoms with van der Waals surface area (Å²) < 4.78 is 5.06. The van der Waals surface area contributed by atoms with Crippen molar-refractivity contribution in [2.75, 3.05) is 13.2 Å². The monoisotopic (exact) mass is 294 g/mol. The topological polar surface area (TPSA) is 119 Å². The van der Waals surface area contributed by atoms with Crippen LogP contribution in [0.25, 0.3) is 0 Å². The Morgan fingerprint density at radius 1 is 1.24 bits per heavy atom. The lowest BCUT2D eigenvalue weighted by molar-refractivity contribution is -0.146. The van der Waals surface area contributed by atoms with Gasteiger partial charge in [-0.05, 0) is 38.1 Å². The zero-order chi connectivity index (χ0) is 16.0. The molecule has 0 aliphatic rings. The van der Waals surface area contributed by atoms with E-state index in [1.165, 1.54) is 38.1 Å². The number of nitrogens with one attached hydrogen (secondary N) is 1. The summed E-state index contributed by atoms with van der Waals surface area (Å²) in [6, 6.07) is 6.08. The predicted octanol–water partition coefficient (Wildman–Crippen LogP) is 0.391. The van der Waals surface area contributed by atoms with E-state index >= 15 is 0 Å². The Morgan fingerprint density at radius 3 is 2.29 bits per heavy atom. The number of aliphatic carboxylic acids is 1. The molecule has 7 heteroatoms. The molecule has 0 aliphatic heterocycles. The number of rotatable bonds is 7. The Balaban J connectivity index is 2.59. The lowest BCUT2D eigenvalue weighted by atomic mass is 9.94.